The quantitative estimate of drug-likeness (QED) is 0.798. The molecule has 2 N–H and O–H groups in total. The normalized spacial score (nSPS) is 11.3. The van der Waals surface area contributed by atoms with Crippen LogP contribution in [0.2, 0.25) is 5.02 Å². The monoisotopic (exact) mass is 358 g/mol. The Kier molecular flexibility index (Phi) is 5.96. The fourth-order valence-corrected chi connectivity index (χ4v) is 3.94. The van der Waals surface area contributed by atoms with Gasteiger partial charge in [-0.05, 0) is 34.5 Å². The average Bonchev–Trinajstić information content (AvgIpc) is 2.98. The molecule has 22 heavy (non-hydrogen) atoms. The van der Waals surface area contributed by atoms with Gasteiger partial charge in [-0.3, -0.25) is 4.79 Å². The molecule has 0 bridgehead atoms. The van der Waals surface area contributed by atoms with Crippen molar-refractivity contribution in [3.63, 3.8) is 0 Å². The van der Waals surface area contributed by atoms with Gasteiger partial charge in [0.05, 0.1) is 5.02 Å². The molecular weight excluding hydrogens is 344 g/mol. The Morgan fingerprint density at radius 3 is 2.68 bits per heavy atom. The number of carbonyl (C=O) groups excluding carboxylic acids is 1. The summed E-state index contributed by atoms with van der Waals surface area (Å²) in [5.74, 6) is -0.215. The van der Waals surface area contributed by atoms with E-state index in [9.17, 15) is 13.2 Å². The molecule has 0 aliphatic carbocycles. The van der Waals surface area contributed by atoms with Crippen molar-refractivity contribution in [2.45, 2.75) is 17.9 Å². The van der Waals surface area contributed by atoms with Crippen molar-refractivity contribution in [2.75, 3.05) is 6.54 Å². The molecule has 2 rings (SSSR count). The van der Waals surface area contributed by atoms with Gasteiger partial charge in [0.2, 0.25) is 15.9 Å². The second-order valence-electron chi connectivity index (χ2n) is 4.49. The smallest absolute Gasteiger partial charge is 0.242 e. The van der Waals surface area contributed by atoms with Crippen molar-refractivity contribution in [3.8, 4) is 0 Å². The molecule has 0 fully saturated rings. The van der Waals surface area contributed by atoms with E-state index in [4.69, 9.17) is 11.6 Å². The van der Waals surface area contributed by atoms with E-state index in [1.165, 1.54) is 12.1 Å². The number of carbonyl (C=O) groups is 1. The number of rotatable bonds is 7. The fourth-order valence-electron chi connectivity index (χ4n) is 1.72. The Morgan fingerprint density at radius 1 is 1.23 bits per heavy atom. The molecule has 1 heterocycles. The van der Waals surface area contributed by atoms with Crippen LogP contribution in [0.5, 0.6) is 0 Å². The minimum Gasteiger partial charge on any atom is -0.352 e. The Bertz CT molecular complexity index is 730. The number of thiophene rings is 1. The SMILES string of the molecule is O=C(CCNS(=O)(=O)c1ccccc1Cl)NCc1ccsc1. The first kappa shape index (κ1) is 17.0. The van der Waals surface area contributed by atoms with Gasteiger partial charge in [-0.2, -0.15) is 11.3 Å². The maximum atomic E-state index is 12.1. The number of hydrogen-bond acceptors (Lipinski definition) is 4. The second-order valence-corrected chi connectivity index (χ2v) is 7.41. The lowest BCUT2D eigenvalue weighted by Gasteiger charge is -2.08. The van der Waals surface area contributed by atoms with Crippen LogP contribution in [0.3, 0.4) is 0 Å². The topological polar surface area (TPSA) is 75.3 Å². The minimum absolute atomic E-state index is 0.00958. The molecule has 2 aromatic rings. The zero-order valence-corrected chi connectivity index (χ0v) is 14.0. The first-order chi connectivity index (χ1) is 10.5. The van der Waals surface area contributed by atoms with Gasteiger partial charge in [0.1, 0.15) is 4.90 Å². The fraction of sp³-hybridized carbons (Fsp3) is 0.214. The summed E-state index contributed by atoms with van der Waals surface area (Å²) in [5.41, 5.74) is 1.02. The van der Waals surface area contributed by atoms with Gasteiger partial charge < -0.3 is 5.32 Å². The zero-order valence-electron chi connectivity index (χ0n) is 11.6. The highest BCUT2D eigenvalue weighted by atomic mass is 35.5. The van der Waals surface area contributed by atoms with Crippen molar-refractivity contribution in [1.82, 2.24) is 10.0 Å². The predicted molar refractivity (Wildman–Crippen MR) is 87.4 cm³/mol. The Hall–Kier alpha value is -1.41. The van der Waals surface area contributed by atoms with Crippen molar-refractivity contribution >= 4 is 38.9 Å². The van der Waals surface area contributed by atoms with Crippen LogP contribution in [0.1, 0.15) is 12.0 Å². The van der Waals surface area contributed by atoms with E-state index >= 15 is 0 Å². The van der Waals surface area contributed by atoms with Gasteiger partial charge in [-0.15, -0.1) is 0 Å². The number of amides is 1. The van der Waals surface area contributed by atoms with Crippen LogP contribution in [0, 0.1) is 0 Å². The molecule has 1 aromatic heterocycles. The van der Waals surface area contributed by atoms with E-state index < -0.39 is 10.0 Å². The maximum Gasteiger partial charge on any atom is 0.242 e. The van der Waals surface area contributed by atoms with E-state index in [0.717, 1.165) is 5.56 Å². The molecule has 118 valence electrons. The Morgan fingerprint density at radius 2 is 2.00 bits per heavy atom. The van der Waals surface area contributed by atoms with Gasteiger partial charge in [-0.1, -0.05) is 23.7 Å². The van der Waals surface area contributed by atoms with Gasteiger partial charge in [0.15, 0.2) is 0 Å². The summed E-state index contributed by atoms with van der Waals surface area (Å²) in [7, 11) is -3.71. The predicted octanol–water partition coefficient (Wildman–Crippen LogP) is 2.39. The van der Waals surface area contributed by atoms with Crippen LogP contribution in [-0.4, -0.2) is 20.9 Å². The largest absolute Gasteiger partial charge is 0.352 e. The molecule has 0 aliphatic heterocycles. The third-order valence-corrected chi connectivity index (χ3v) is 5.53. The first-order valence-electron chi connectivity index (χ1n) is 6.51. The molecule has 8 heteroatoms. The molecule has 1 amide bonds. The van der Waals surface area contributed by atoms with E-state index in [0.29, 0.717) is 6.54 Å². The molecule has 1 aromatic carbocycles. The van der Waals surface area contributed by atoms with E-state index in [2.05, 4.69) is 10.0 Å². The second kappa shape index (κ2) is 7.73. The molecule has 0 spiro atoms. The number of hydrogen-bond donors (Lipinski definition) is 2. The van der Waals surface area contributed by atoms with E-state index in [1.54, 1.807) is 23.5 Å². The third-order valence-electron chi connectivity index (χ3n) is 2.84. The lowest BCUT2D eigenvalue weighted by molar-refractivity contribution is -0.121. The molecule has 0 unspecified atom stereocenters. The van der Waals surface area contributed by atoms with Gasteiger partial charge >= 0.3 is 0 Å². The Balaban J connectivity index is 1.80. The number of nitrogens with one attached hydrogen (secondary N) is 2. The third kappa shape index (κ3) is 4.81. The average molecular weight is 359 g/mol. The van der Waals surface area contributed by atoms with Crippen LogP contribution < -0.4 is 10.0 Å². The van der Waals surface area contributed by atoms with Crippen LogP contribution in [0.15, 0.2) is 46.0 Å². The molecular formula is C14H15ClN2O3S2. The molecule has 0 saturated heterocycles. The summed E-state index contributed by atoms with van der Waals surface area (Å²) in [5, 5.41) is 6.75. The van der Waals surface area contributed by atoms with E-state index in [-0.39, 0.29) is 28.8 Å². The summed E-state index contributed by atoms with van der Waals surface area (Å²) in [6.45, 7) is 0.461. The molecule has 0 saturated carbocycles. The van der Waals surface area contributed by atoms with Crippen LogP contribution >= 0.6 is 22.9 Å². The van der Waals surface area contributed by atoms with Crippen LogP contribution in [0.25, 0.3) is 0 Å². The summed E-state index contributed by atoms with van der Waals surface area (Å²) in [6, 6.07) is 8.09. The first-order valence-corrected chi connectivity index (χ1v) is 9.31. The highest BCUT2D eigenvalue weighted by Crippen LogP contribution is 2.19. The number of benzene rings is 1. The van der Waals surface area contributed by atoms with Crippen molar-refractivity contribution in [3.05, 3.63) is 51.7 Å². The van der Waals surface area contributed by atoms with Crippen molar-refractivity contribution in [1.29, 1.82) is 0 Å². The highest BCUT2D eigenvalue weighted by molar-refractivity contribution is 7.89. The molecule has 0 atom stereocenters. The number of sulfonamides is 1. The molecule has 0 radical (unpaired) electrons. The lowest BCUT2D eigenvalue weighted by atomic mass is 10.3. The van der Waals surface area contributed by atoms with E-state index in [1.807, 2.05) is 16.8 Å². The van der Waals surface area contributed by atoms with Crippen LogP contribution in [0.4, 0.5) is 0 Å². The summed E-state index contributed by atoms with van der Waals surface area (Å²) in [4.78, 5) is 11.7. The zero-order chi connectivity index (χ0) is 16.0. The Labute approximate surface area is 138 Å². The summed E-state index contributed by atoms with van der Waals surface area (Å²) >= 11 is 7.42. The lowest BCUT2D eigenvalue weighted by Crippen LogP contribution is -2.30. The molecule has 0 aliphatic rings. The highest BCUT2D eigenvalue weighted by Gasteiger charge is 2.17. The minimum atomic E-state index is -3.71. The summed E-state index contributed by atoms with van der Waals surface area (Å²) in [6.07, 6.45) is 0.0633. The number of halogens is 1. The standard InChI is InChI=1S/C14H15ClN2O3S2/c15-12-3-1-2-4-13(12)22(19,20)17-7-5-14(18)16-9-11-6-8-21-10-11/h1-4,6,8,10,17H,5,7,9H2,(H,16,18). The van der Waals surface area contributed by atoms with Gasteiger partial charge in [0, 0.05) is 19.5 Å². The van der Waals surface area contributed by atoms with Gasteiger partial charge in [0.25, 0.3) is 0 Å². The maximum absolute atomic E-state index is 12.1. The van der Waals surface area contributed by atoms with Gasteiger partial charge in [-0.25, -0.2) is 13.1 Å². The van der Waals surface area contributed by atoms with Crippen molar-refractivity contribution < 1.29 is 13.2 Å². The molecule has 5 nitrogen and oxygen atoms in total. The summed E-state index contributed by atoms with van der Waals surface area (Å²) < 4.78 is 26.5. The van der Waals surface area contributed by atoms with Crippen molar-refractivity contribution in [2.24, 2.45) is 0 Å². The van der Waals surface area contributed by atoms with Crippen LogP contribution in [-0.2, 0) is 21.4 Å².